The van der Waals surface area contributed by atoms with Gasteiger partial charge < -0.3 is 8.83 Å². The summed E-state index contributed by atoms with van der Waals surface area (Å²) in [6.45, 7) is 0. The lowest BCUT2D eigenvalue weighted by molar-refractivity contribution is 0.615. The van der Waals surface area contributed by atoms with Gasteiger partial charge in [-0.05, 0) is 78.8 Å². The van der Waals surface area contributed by atoms with Crippen LogP contribution in [0.5, 0.6) is 0 Å². The van der Waals surface area contributed by atoms with E-state index in [-0.39, 0.29) is 32.7 Å². The maximum Gasteiger partial charge on any atom is 0.147 e. The number of rotatable bonds is 2. The lowest BCUT2D eigenvalue weighted by Crippen LogP contribution is -1.91. The third kappa shape index (κ3) is 2.93. The minimum atomic E-state index is -0.752. The van der Waals surface area contributed by atoms with Crippen molar-refractivity contribution < 1.29 is 29.4 Å². The predicted octanol–water partition coefficient (Wildman–Crippen LogP) is 11.1. The molecule has 40 heavy (non-hydrogen) atoms. The van der Waals surface area contributed by atoms with Crippen LogP contribution in [0.25, 0.3) is 87.5 Å². The molecule has 0 radical (unpaired) electrons. The summed E-state index contributed by atoms with van der Waals surface area (Å²) in [6.07, 6.45) is 1.44. The van der Waals surface area contributed by atoms with Crippen LogP contribution < -0.4 is 0 Å². The molecule has 7 aromatic carbocycles. The van der Waals surface area contributed by atoms with E-state index in [1.807, 2.05) is 0 Å². The fraction of sp³-hybridized carbons (Fsp3) is 0. The van der Waals surface area contributed by atoms with Gasteiger partial charge in [0.2, 0.25) is 0 Å². The summed E-state index contributed by atoms with van der Waals surface area (Å²) < 4.78 is 146. The Morgan fingerprint density at radius 1 is 0.550 bits per heavy atom. The van der Waals surface area contributed by atoms with Crippen molar-refractivity contribution >= 4 is 65.2 Å². The Hall–Kier alpha value is -5.34. The van der Waals surface area contributed by atoms with Crippen molar-refractivity contribution in [2.24, 2.45) is 0 Å². The minimum absolute atomic E-state index is 0.0329. The van der Waals surface area contributed by atoms with Gasteiger partial charge in [-0.25, -0.2) is 0 Å². The van der Waals surface area contributed by atoms with Gasteiger partial charge in [-0.3, -0.25) is 0 Å². The number of furan rings is 2. The Morgan fingerprint density at radius 3 is 2.00 bits per heavy atom. The van der Waals surface area contributed by atoms with Crippen molar-refractivity contribution in [2.45, 2.75) is 0 Å². The molecule has 2 nitrogen and oxygen atoms in total. The highest BCUT2D eigenvalue weighted by Crippen LogP contribution is 2.48. The first-order valence-corrected chi connectivity index (χ1v) is 12.4. The first-order chi connectivity index (χ1) is 26.1. The first kappa shape index (κ1) is 11.8. The van der Waals surface area contributed by atoms with E-state index in [1.54, 1.807) is 36.4 Å². The molecule has 0 N–H and O–H groups in total. The Labute approximate surface area is 250 Å². The van der Waals surface area contributed by atoms with Gasteiger partial charge in [-0.15, -0.1) is 0 Å². The van der Waals surface area contributed by atoms with Gasteiger partial charge in [0.25, 0.3) is 0 Å². The largest absolute Gasteiger partial charge is 0.464 e. The second-order valence-electron chi connectivity index (χ2n) is 9.31. The van der Waals surface area contributed by atoms with E-state index < -0.39 is 113 Å². The van der Waals surface area contributed by atoms with Crippen LogP contribution in [0.4, 0.5) is 0 Å². The third-order valence-electron chi connectivity index (χ3n) is 7.22. The van der Waals surface area contributed by atoms with E-state index >= 15 is 0 Å². The normalized spacial score (nSPS) is 17.2. The molecule has 2 aromatic heterocycles. The molecular weight excluding hydrogens is 488 g/mol. The zero-order valence-corrected chi connectivity index (χ0v) is 20.4. The smallest absolute Gasteiger partial charge is 0.147 e. The van der Waals surface area contributed by atoms with E-state index in [0.717, 1.165) is 0 Å². The van der Waals surface area contributed by atoms with Gasteiger partial charge in [-0.1, -0.05) is 103 Å². The highest BCUT2D eigenvalue weighted by atomic mass is 16.3. The molecule has 0 bridgehead atoms. The Morgan fingerprint density at radius 2 is 1.23 bits per heavy atom. The predicted molar refractivity (Wildman–Crippen MR) is 167 cm³/mol. The zero-order valence-electron chi connectivity index (χ0n) is 35.4. The molecule has 9 rings (SSSR count). The average Bonchev–Trinajstić information content (AvgIpc) is 3.81. The van der Waals surface area contributed by atoms with Crippen LogP contribution in [0, 0.1) is 0 Å². The van der Waals surface area contributed by atoms with Crippen LogP contribution >= 0.6 is 0 Å². The summed E-state index contributed by atoms with van der Waals surface area (Å²) in [5, 5.41) is -0.354. The van der Waals surface area contributed by atoms with Gasteiger partial charge in [0.1, 0.15) is 16.7 Å². The number of para-hydroxylation sites is 1. The van der Waals surface area contributed by atoms with Crippen molar-refractivity contribution in [2.75, 3.05) is 0 Å². The van der Waals surface area contributed by atoms with Crippen LogP contribution in [-0.2, 0) is 0 Å². The van der Waals surface area contributed by atoms with Gasteiger partial charge in [0.15, 0.2) is 0 Å². The SMILES string of the molecule is [2H]c1c([2H])c([2H])c2c([2H])c(-c3c4c([2H])c([2H])c([2H])c([2H])c4c(-c4cc5occc5c5oc6ccccc6c45)c4c([2H])c([2H])c([2H])c([2H])c34)c([2H])c([2H])c2c1[2H]. The van der Waals surface area contributed by atoms with Crippen LogP contribution in [0.1, 0.15) is 20.6 Å². The lowest BCUT2D eigenvalue weighted by atomic mass is 9.84. The lowest BCUT2D eigenvalue weighted by Gasteiger charge is -2.18. The van der Waals surface area contributed by atoms with Gasteiger partial charge in [-0.2, -0.15) is 0 Å². The van der Waals surface area contributed by atoms with Crippen LogP contribution in [0.15, 0.2) is 142 Å². The molecule has 2 heterocycles. The van der Waals surface area contributed by atoms with E-state index in [4.69, 9.17) is 21.2 Å². The Bertz CT molecular complexity index is 3190. The number of fused-ring (bicyclic) bond motifs is 8. The molecule has 0 fully saturated rings. The Balaban J connectivity index is 1.66. The first-order valence-electron chi connectivity index (χ1n) is 19.9. The molecule has 0 amide bonds. The molecule has 0 saturated heterocycles. The zero-order chi connectivity index (χ0) is 39.3. The average molecular weight is 526 g/mol. The fourth-order valence-corrected chi connectivity index (χ4v) is 5.57. The molecule has 186 valence electrons. The van der Waals surface area contributed by atoms with Crippen molar-refractivity contribution in [1.29, 1.82) is 0 Å². The summed E-state index contributed by atoms with van der Waals surface area (Å²) in [6, 6.07) is 0.0992. The van der Waals surface area contributed by atoms with Crippen molar-refractivity contribution in [1.82, 2.24) is 0 Å². The molecule has 0 atom stereocenters. The molecule has 9 aromatic rings. The van der Waals surface area contributed by atoms with E-state index in [2.05, 4.69) is 0 Å². The third-order valence-corrected chi connectivity index (χ3v) is 7.22. The van der Waals surface area contributed by atoms with Gasteiger partial charge in [0, 0.05) is 10.8 Å². The molecule has 0 aliphatic heterocycles. The highest BCUT2D eigenvalue weighted by molar-refractivity contribution is 6.28. The molecule has 0 aliphatic rings. The van der Waals surface area contributed by atoms with E-state index in [1.165, 1.54) is 6.26 Å². The van der Waals surface area contributed by atoms with E-state index in [0.29, 0.717) is 32.9 Å². The summed E-state index contributed by atoms with van der Waals surface area (Å²) >= 11 is 0. The van der Waals surface area contributed by atoms with Crippen LogP contribution in [0.2, 0.25) is 0 Å². The quantitative estimate of drug-likeness (QED) is 0.210. The summed E-state index contributed by atoms with van der Waals surface area (Å²) in [5.41, 5.74) is 0.414. The molecule has 0 aliphatic carbocycles. The van der Waals surface area contributed by atoms with Crippen LogP contribution in [0.3, 0.4) is 0 Å². The topological polar surface area (TPSA) is 26.3 Å². The van der Waals surface area contributed by atoms with E-state index in [9.17, 15) is 8.22 Å². The van der Waals surface area contributed by atoms with Crippen molar-refractivity contribution in [3.63, 3.8) is 0 Å². The second kappa shape index (κ2) is 8.08. The van der Waals surface area contributed by atoms with Gasteiger partial charge in [0.05, 0.1) is 32.2 Å². The minimum Gasteiger partial charge on any atom is -0.464 e. The summed E-state index contributed by atoms with van der Waals surface area (Å²) in [5.74, 6) is 0. The highest BCUT2D eigenvalue weighted by Gasteiger charge is 2.22. The molecule has 2 heteroatoms. The monoisotopic (exact) mass is 525 g/mol. The summed E-state index contributed by atoms with van der Waals surface area (Å²) in [4.78, 5) is 0. The molecule has 0 spiro atoms. The number of benzene rings is 7. The molecule has 0 unspecified atom stereocenters. The molecule has 0 saturated carbocycles. The second-order valence-corrected chi connectivity index (χ2v) is 9.31. The van der Waals surface area contributed by atoms with Crippen LogP contribution in [-0.4, -0.2) is 0 Å². The standard InChI is InChI=1S/C38H22O2/c1-2-10-24-21-25(18-17-23(24)9-1)35-26-11-3-5-13-28(26)36(29-14-6-4-12-27(29)35)32-22-34-31(19-20-39-34)38-37(32)30-15-7-8-16-33(30)40-38/h1-22H/i1D,2D,3D,4D,5D,6D,9D,10D,11D,12D,13D,14D,17D,18D,21D. The van der Waals surface area contributed by atoms with Crippen molar-refractivity contribution in [3.8, 4) is 22.3 Å². The Kier molecular flexibility index (Phi) is 2.39. The van der Waals surface area contributed by atoms with Crippen molar-refractivity contribution in [3.05, 3.63) is 133 Å². The summed E-state index contributed by atoms with van der Waals surface area (Å²) in [7, 11) is 0. The fourth-order valence-electron chi connectivity index (χ4n) is 5.57. The number of hydrogen-bond donors (Lipinski definition) is 0. The number of hydrogen-bond acceptors (Lipinski definition) is 2. The van der Waals surface area contributed by atoms with Gasteiger partial charge >= 0.3 is 0 Å². The maximum absolute atomic E-state index is 9.42. The molecular formula is C38H22O2. The maximum atomic E-state index is 9.42.